The van der Waals surface area contributed by atoms with Gasteiger partial charge in [0.05, 0.1) is 18.2 Å². The van der Waals surface area contributed by atoms with Crippen molar-refractivity contribution in [1.29, 1.82) is 0 Å². The standard InChI is InChI=1S/C17H14O5/c1-22-13-4-2-3-11(9-13)5-6-12-7-8-14(16(18)19)15(10-12)17(20)21/h2-10H,1H3,(H,18,19)(H,20,21)/b6-5+. The zero-order valence-electron chi connectivity index (χ0n) is 11.8. The summed E-state index contributed by atoms with van der Waals surface area (Å²) in [6.45, 7) is 0. The molecule has 2 rings (SSSR count). The van der Waals surface area contributed by atoms with Crippen molar-refractivity contribution in [3.63, 3.8) is 0 Å². The van der Waals surface area contributed by atoms with Gasteiger partial charge < -0.3 is 14.9 Å². The first-order chi connectivity index (χ1) is 10.5. The van der Waals surface area contributed by atoms with Gasteiger partial charge in [-0.3, -0.25) is 0 Å². The SMILES string of the molecule is COc1cccc(/C=C/c2ccc(C(=O)O)c(C(=O)O)c2)c1. The van der Waals surface area contributed by atoms with E-state index in [4.69, 9.17) is 14.9 Å². The summed E-state index contributed by atoms with van der Waals surface area (Å²) in [5.41, 5.74) is 1.02. The van der Waals surface area contributed by atoms with E-state index in [1.807, 2.05) is 24.3 Å². The van der Waals surface area contributed by atoms with Crippen molar-refractivity contribution in [2.24, 2.45) is 0 Å². The van der Waals surface area contributed by atoms with E-state index in [1.165, 1.54) is 12.1 Å². The molecular formula is C17H14O5. The fourth-order valence-electron chi connectivity index (χ4n) is 1.97. The first kappa shape index (κ1) is 15.3. The highest BCUT2D eigenvalue weighted by Gasteiger charge is 2.15. The third-order valence-electron chi connectivity index (χ3n) is 3.07. The molecule has 0 aliphatic heterocycles. The van der Waals surface area contributed by atoms with Crippen LogP contribution in [-0.2, 0) is 0 Å². The van der Waals surface area contributed by atoms with Crippen LogP contribution in [0.15, 0.2) is 42.5 Å². The topological polar surface area (TPSA) is 83.8 Å². The Balaban J connectivity index is 2.33. The average molecular weight is 298 g/mol. The molecule has 0 aromatic heterocycles. The molecular weight excluding hydrogens is 284 g/mol. The minimum absolute atomic E-state index is 0.231. The lowest BCUT2D eigenvalue weighted by Crippen LogP contribution is -2.07. The molecule has 0 spiro atoms. The number of benzene rings is 2. The smallest absolute Gasteiger partial charge is 0.336 e. The summed E-state index contributed by atoms with van der Waals surface area (Å²) < 4.78 is 5.12. The number of carboxylic acids is 2. The summed E-state index contributed by atoms with van der Waals surface area (Å²) in [5.74, 6) is -1.82. The summed E-state index contributed by atoms with van der Waals surface area (Å²) in [6, 6.07) is 11.6. The molecule has 2 aromatic carbocycles. The Bertz CT molecular complexity index is 746. The Morgan fingerprint density at radius 1 is 0.909 bits per heavy atom. The van der Waals surface area contributed by atoms with Crippen LogP contribution >= 0.6 is 0 Å². The number of ether oxygens (including phenoxy) is 1. The van der Waals surface area contributed by atoms with E-state index in [9.17, 15) is 9.59 Å². The van der Waals surface area contributed by atoms with E-state index in [-0.39, 0.29) is 11.1 Å². The van der Waals surface area contributed by atoms with Crippen molar-refractivity contribution in [1.82, 2.24) is 0 Å². The van der Waals surface area contributed by atoms with Crippen LogP contribution in [0.4, 0.5) is 0 Å². The Hall–Kier alpha value is -3.08. The van der Waals surface area contributed by atoms with E-state index in [2.05, 4.69) is 0 Å². The minimum Gasteiger partial charge on any atom is -0.497 e. The molecule has 2 aromatic rings. The van der Waals surface area contributed by atoms with Crippen LogP contribution in [0.2, 0.25) is 0 Å². The molecule has 5 heteroatoms. The van der Waals surface area contributed by atoms with Gasteiger partial charge >= 0.3 is 11.9 Å². The number of carbonyl (C=O) groups is 2. The second kappa shape index (κ2) is 6.58. The molecule has 2 N–H and O–H groups in total. The second-order valence-corrected chi connectivity index (χ2v) is 4.53. The molecule has 0 heterocycles. The molecule has 0 unspecified atom stereocenters. The van der Waals surface area contributed by atoms with E-state index in [0.717, 1.165) is 11.3 Å². The van der Waals surface area contributed by atoms with Crippen molar-refractivity contribution >= 4 is 24.1 Å². The first-order valence-electron chi connectivity index (χ1n) is 6.44. The highest BCUT2D eigenvalue weighted by molar-refractivity contribution is 6.02. The van der Waals surface area contributed by atoms with Crippen molar-refractivity contribution in [2.75, 3.05) is 7.11 Å². The summed E-state index contributed by atoms with van der Waals surface area (Å²) in [6.07, 6.45) is 3.51. The largest absolute Gasteiger partial charge is 0.497 e. The van der Waals surface area contributed by atoms with Crippen molar-refractivity contribution in [3.05, 3.63) is 64.7 Å². The first-order valence-corrected chi connectivity index (χ1v) is 6.44. The molecule has 0 fully saturated rings. The average Bonchev–Trinajstić information content (AvgIpc) is 2.52. The third kappa shape index (κ3) is 3.52. The van der Waals surface area contributed by atoms with Gasteiger partial charge in [-0.2, -0.15) is 0 Å². The monoisotopic (exact) mass is 298 g/mol. The molecule has 22 heavy (non-hydrogen) atoms. The zero-order valence-corrected chi connectivity index (χ0v) is 11.8. The van der Waals surface area contributed by atoms with Gasteiger partial charge in [0, 0.05) is 0 Å². The molecule has 0 amide bonds. The maximum atomic E-state index is 11.1. The van der Waals surface area contributed by atoms with Crippen LogP contribution in [0.1, 0.15) is 31.8 Å². The lowest BCUT2D eigenvalue weighted by molar-refractivity contribution is 0.0651. The summed E-state index contributed by atoms with van der Waals surface area (Å²) in [5, 5.41) is 18.1. The number of rotatable bonds is 5. The van der Waals surface area contributed by atoms with Gasteiger partial charge in [-0.05, 0) is 35.4 Å². The van der Waals surface area contributed by atoms with Gasteiger partial charge in [-0.25, -0.2) is 9.59 Å². The Morgan fingerprint density at radius 3 is 2.14 bits per heavy atom. The minimum atomic E-state index is -1.27. The van der Waals surface area contributed by atoms with Crippen LogP contribution in [-0.4, -0.2) is 29.3 Å². The van der Waals surface area contributed by atoms with Gasteiger partial charge in [-0.1, -0.05) is 30.4 Å². The summed E-state index contributed by atoms with van der Waals surface area (Å²) >= 11 is 0. The quantitative estimate of drug-likeness (QED) is 0.828. The molecule has 0 saturated heterocycles. The maximum Gasteiger partial charge on any atom is 0.336 e. The van der Waals surface area contributed by atoms with Crippen LogP contribution in [0, 0.1) is 0 Å². The van der Waals surface area contributed by atoms with E-state index >= 15 is 0 Å². The molecule has 0 radical (unpaired) electrons. The molecule has 0 aliphatic rings. The highest BCUT2D eigenvalue weighted by Crippen LogP contribution is 2.17. The molecule has 0 aliphatic carbocycles. The summed E-state index contributed by atoms with van der Waals surface area (Å²) in [7, 11) is 1.58. The van der Waals surface area contributed by atoms with E-state index in [0.29, 0.717) is 5.56 Å². The Kier molecular flexibility index (Phi) is 4.58. The number of aromatic carboxylic acids is 2. The van der Waals surface area contributed by atoms with E-state index in [1.54, 1.807) is 25.3 Å². The second-order valence-electron chi connectivity index (χ2n) is 4.53. The predicted molar refractivity (Wildman–Crippen MR) is 82.3 cm³/mol. The van der Waals surface area contributed by atoms with Crippen molar-refractivity contribution in [2.45, 2.75) is 0 Å². The summed E-state index contributed by atoms with van der Waals surface area (Å²) in [4.78, 5) is 22.1. The van der Waals surface area contributed by atoms with Crippen LogP contribution in [0.3, 0.4) is 0 Å². The van der Waals surface area contributed by atoms with Gasteiger partial charge in [0.15, 0.2) is 0 Å². The molecule has 112 valence electrons. The van der Waals surface area contributed by atoms with Crippen molar-refractivity contribution in [3.8, 4) is 5.75 Å². The molecule has 0 bridgehead atoms. The molecule has 0 saturated carbocycles. The maximum absolute atomic E-state index is 11.1. The highest BCUT2D eigenvalue weighted by atomic mass is 16.5. The van der Waals surface area contributed by atoms with Crippen LogP contribution in [0.25, 0.3) is 12.2 Å². The lowest BCUT2D eigenvalue weighted by Gasteiger charge is -2.03. The van der Waals surface area contributed by atoms with Gasteiger partial charge in [0.2, 0.25) is 0 Å². The number of carboxylic acid groups (broad SMARTS) is 2. The van der Waals surface area contributed by atoms with Crippen molar-refractivity contribution < 1.29 is 24.5 Å². The molecule has 0 atom stereocenters. The van der Waals surface area contributed by atoms with Crippen LogP contribution < -0.4 is 4.74 Å². The lowest BCUT2D eigenvalue weighted by atomic mass is 10.0. The number of methoxy groups -OCH3 is 1. The fraction of sp³-hybridized carbons (Fsp3) is 0.0588. The Morgan fingerprint density at radius 2 is 1.55 bits per heavy atom. The third-order valence-corrected chi connectivity index (χ3v) is 3.07. The molecule has 5 nitrogen and oxygen atoms in total. The van der Waals surface area contributed by atoms with E-state index < -0.39 is 11.9 Å². The van der Waals surface area contributed by atoms with Crippen LogP contribution in [0.5, 0.6) is 5.75 Å². The number of hydrogen-bond acceptors (Lipinski definition) is 3. The number of hydrogen-bond donors (Lipinski definition) is 2. The normalized spacial score (nSPS) is 10.6. The zero-order chi connectivity index (χ0) is 16.1. The fourth-order valence-corrected chi connectivity index (χ4v) is 1.97. The van der Waals surface area contributed by atoms with Gasteiger partial charge in [0.1, 0.15) is 5.75 Å². The van der Waals surface area contributed by atoms with Gasteiger partial charge in [0.25, 0.3) is 0 Å². The Labute approximate surface area is 127 Å². The van der Waals surface area contributed by atoms with Gasteiger partial charge in [-0.15, -0.1) is 0 Å². The predicted octanol–water partition coefficient (Wildman–Crippen LogP) is 3.26.